The molecule has 5 saturated heterocycles. The Bertz CT molecular complexity index is 701. The van der Waals surface area contributed by atoms with Crippen molar-refractivity contribution in [2.24, 2.45) is 0 Å². The first kappa shape index (κ1) is 23.4. The molecule has 0 amide bonds. The van der Waals surface area contributed by atoms with Crippen LogP contribution in [0.4, 0.5) is 0 Å². The van der Waals surface area contributed by atoms with E-state index in [-0.39, 0.29) is 11.0 Å². The van der Waals surface area contributed by atoms with Gasteiger partial charge in [0.25, 0.3) is 0 Å². The SMILES string of the molecule is CCCCCCCC1(C2(C3(C4(C5(C(=O)[Si](C)C)CCO5)CCO4)CCO3)CCO2)CCO1. The Morgan fingerprint density at radius 3 is 1.53 bits per heavy atom. The van der Waals surface area contributed by atoms with Gasteiger partial charge in [0.05, 0.1) is 33.0 Å². The lowest BCUT2D eigenvalue weighted by Gasteiger charge is -2.76. The molecule has 5 fully saturated rings. The molecule has 0 aromatic carbocycles. The molecule has 5 heterocycles. The summed E-state index contributed by atoms with van der Waals surface area (Å²) in [5.41, 5.74) is -3.15. The molecule has 7 heteroatoms. The van der Waals surface area contributed by atoms with Crippen molar-refractivity contribution in [1.82, 2.24) is 0 Å². The van der Waals surface area contributed by atoms with E-state index in [4.69, 9.17) is 23.7 Å². The minimum atomic E-state index is -1.19. The van der Waals surface area contributed by atoms with Gasteiger partial charge in [0, 0.05) is 32.1 Å². The highest BCUT2D eigenvalue weighted by Crippen LogP contribution is 2.68. The lowest BCUT2D eigenvalue weighted by Crippen LogP contribution is -2.93. The predicted octanol–water partition coefficient (Wildman–Crippen LogP) is 4.01. The second-order valence-electron chi connectivity index (χ2n) is 10.8. The van der Waals surface area contributed by atoms with Crippen LogP contribution in [0.3, 0.4) is 0 Å². The van der Waals surface area contributed by atoms with Gasteiger partial charge in [0.1, 0.15) is 36.6 Å². The van der Waals surface area contributed by atoms with Crippen molar-refractivity contribution in [3.8, 4) is 0 Å². The van der Waals surface area contributed by atoms with E-state index < -0.39 is 31.2 Å². The second kappa shape index (κ2) is 8.42. The Morgan fingerprint density at radius 1 is 0.688 bits per heavy atom. The molecule has 0 spiro atoms. The van der Waals surface area contributed by atoms with Gasteiger partial charge in [-0.15, -0.1) is 0 Å². The molecule has 0 aromatic rings. The van der Waals surface area contributed by atoms with Gasteiger partial charge < -0.3 is 28.5 Å². The molecule has 181 valence electrons. The molecular formula is C25H41O6Si. The van der Waals surface area contributed by atoms with Crippen molar-refractivity contribution < 1.29 is 28.5 Å². The monoisotopic (exact) mass is 465 g/mol. The third-order valence-electron chi connectivity index (χ3n) is 9.29. The highest BCUT2D eigenvalue weighted by Gasteiger charge is 2.85. The fourth-order valence-electron chi connectivity index (χ4n) is 7.36. The highest BCUT2D eigenvalue weighted by atomic mass is 28.3. The summed E-state index contributed by atoms with van der Waals surface area (Å²) in [6.07, 6.45) is 11.5. The summed E-state index contributed by atoms with van der Waals surface area (Å²) in [5.74, 6) is 0. The summed E-state index contributed by atoms with van der Waals surface area (Å²) in [7, 11) is -1.19. The summed E-state index contributed by atoms with van der Waals surface area (Å²) in [4.78, 5) is 13.6. The first-order valence-electron chi connectivity index (χ1n) is 13.0. The smallest absolute Gasteiger partial charge is 0.155 e. The van der Waals surface area contributed by atoms with Gasteiger partial charge >= 0.3 is 0 Å². The van der Waals surface area contributed by atoms with Crippen molar-refractivity contribution in [1.29, 1.82) is 0 Å². The fraction of sp³-hybridized carbons (Fsp3) is 0.960. The van der Waals surface area contributed by atoms with Crippen molar-refractivity contribution in [3.05, 3.63) is 0 Å². The molecule has 1 radical (unpaired) electrons. The Balaban J connectivity index is 1.48. The first-order valence-corrected chi connectivity index (χ1v) is 15.5. The van der Waals surface area contributed by atoms with E-state index in [2.05, 4.69) is 20.0 Å². The average Bonchev–Trinajstić information content (AvgIpc) is 2.60. The third kappa shape index (κ3) is 2.78. The molecule has 0 saturated carbocycles. The zero-order chi connectivity index (χ0) is 22.5. The average molecular weight is 466 g/mol. The number of unbranched alkanes of at least 4 members (excludes halogenated alkanes) is 4. The van der Waals surface area contributed by atoms with Gasteiger partial charge in [-0.05, 0) is 6.42 Å². The normalized spacial score (nSPS) is 45.2. The standard InChI is InChI=1S/C25H41O6Si/c1-4-5-6-7-8-9-21(10-15-27-21)23(12-17-29-23)25(14-19-31-25)24(13-18-30-24)22(11-16-28-22)20(26)32(2)3/h4-19H2,1-3H3. The van der Waals surface area contributed by atoms with Crippen LogP contribution >= 0.6 is 0 Å². The van der Waals surface area contributed by atoms with Crippen LogP contribution in [-0.2, 0) is 28.5 Å². The number of carbonyl (C=O) groups excluding carboxylic acids is 1. The Hall–Kier alpha value is -0.313. The number of hydrogen-bond donors (Lipinski definition) is 0. The largest absolute Gasteiger partial charge is 0.372 e. The van der Waals surface area contributed by atoms with Gasteiger partial charge in [0.15, 0.2) is 5.60 Å². The minimum Gasteiger partial charge on any atom is -0.372 e. The molecule has 5 atom stereocenters. The highest BCUT2D eigenvalue weighted by molar-refractivity contribution is 6.89. The summed E-state index contributed by atoms with van der Waals surface area (Å²) in [6, 6.07) is 0. The van der Waals surface area contributed by atoms with E-state index >= 15 is 0 Å². The lowest BCUT2D eigenvalue weighted by atomic mass is 9.49. The van der Waals surface area contributed by atoms with E-state index in [1.807, 2.05) is 0 Å². The van der Waals surface area contributed by atoms with E-state index in [0.717, 1.165) is 58.2 Å². The number of rotatable bonds is 12. The maximum absolute atomic E-state index is 13.6. The molecule has 0 N–H and O–H groups in total. The van der Waals surface area contributed by atoms with Crippen LogP contribution in [0.5, 0.6) is 0 Å². The van der Waals surface area contributed by atoms with Gasteiger partial charge in [-0.25, -0.2) is 0 Å². The van der Waals surface area contributed by atoms with Gasteiger partial charge in [-0.1, -0.05) is 52.1 Å². The quantitative estimate of drug-likeness (QED) is 0.321. The number of ether oxygens (including phenoxy) is 5. The van der Waals surface area contributed by atoms with E-state index in [9.17, 15) is 4.79 Å². The molecule has 5 unspecified atom stereocenters. The zero-order valence-corrected chi connectivity index (χ0v) is 21.3. The van der Waals surface area contributed by atoms with Gasteiger partial charge in [-0.2, -0.15) is 0 Å². The molecule has 32 heavy (non-hydrogen) atoms. The summed E-state index contributed by atoms with van der Waals surface area (Å²) >= 11 is 0. The van der Waals surface area contributed by atoms with Crippen LogP contribution in [0.1, 0.15) is 77.6 Å². The number of hydrogen-bond acceptors (Lipinski definition) is 6. The molecule has 6 nitrogen and oxygen atoms in total. The molecule has 0 bridgehead atoms. The van der Waals surface area contributed by atoms with E-state index in [1.54, 1.807) is 0 Å². The summed E-state index contributed by atoms with van der Waals surface area (Å²) in [6.45, 7) is 9.85. The molecule has 5 rings (SSSR count). The van der Waals surface area contributed by atoms with Crippen molar-refractivity contribution in [2.75, 3.05) is 33.0 Å². The second-order valence-corrected chi connectivity index (χ2v) is 13.2. The maximum atomic E-state index is 13.6. The predicted molar refractivity (Wildman–Crippen MR) is 122 cm³/mol. The van der Waals surface area contributed by atoms with Gasteiger partial charge in [-0.3, -0.25) is 0 Å². The summed E-state index contributed by atoms with van der Waals surface area (Å²) in [5, 5.41) is 0.251. The summed E-state index contributed by atoms with van der Waals surface area (Å²) < 4.78 is 32.5. The van der Waals surface area contributed by atoms with Crippen LogP contribution < -0.4 is 0 Å². The minimum absolute atomic E-state index is 0.251. The zero-order valence-electron chi connectivity index (χ0n) is 20.3. The first-order chi connectivity index (χ1) is 15.5. The van der Waals surface area contributed by atoms with Crippen molar-refractivity contribution in [3.63, 3.8) is 0 Å². The van der Waals surface area contributed by atoms with Crippen LogP contribution in [0.25, 0.3) is 0 Å². The topological polar surface area (TPSA) is 63.2 Å². The van der Waals surface area contributed by atoms with Crippen LogP contribution in [-0.4, -0.2) is 75.2 Å². The van der Waals surface area contributed by atoms with Gasteiger partial charge in [0.2, 0.25) is 0 Å². The Morgan fingerprint density at radius 2 is 1.19 bits per heavy atom. The number of carbonyl (C=O) groups is 1. The Labute approximate surface area is 194 Å². The van der Waals surface area contributed by atoms with Crippen molar-refractivity contribution >= 4 is 14.2 Å². The maximum Gasteiger partial charge on any atom is 0.155 e. The molecule has 5 aliphatic heterocycles. The Kier molecular flexibility index (Phi) is 6.16. The fourth-order valence-corrected chi connectivity index (χ4v) is 8.57. The lowest BCUT2D eigenvalue weighted by molar-refractivity contribution is -0.468. The molecule has 0 aromatic heterocycles. The third-order valence-corrected chi connectivity index (χ3v) is 10.6. The van der Waals surface area contributed by atoms with E-state index in [0.29, 0.717) is 19.8 Å². The van der Waals surface area contributed by atoms with E-state index in [1.165, 1.54) is 25.7 Å². The van der Waals surface area contributed by atoms with Crippen molar-refractivity contribution in [2.45, 2.75) is 119 Å². The van der Waals surface area contributed by atoms with Crippen LogP contribution in [0, 0.1) is 0 Å². The van der Waals surface area contributed by atoms with Crippen LogP contribution in [0.15, 0.2) is 0 Å². The molecule has 5 aliphatic rings. The molecular weight excluding hydrogens is 424 g/mol. The molecule has 0 aliphatic carbocycles. The van der Waals surface area contributed by atoms with Crippen LogP contribution in [0.2, 0.25) is 13.1 Å².